The average molecular weight is 372 g/mol. The summed E-state index contributed by atoms with van der Waals surface area (Å²) < 4.78 is 5.38. The zero-order valence-corrected chi connectivity index (χ0v) is 15.4. The lowest BCUT2D eigenvalue weighted by Gasteiger charge is -2.11. The number of methoxy groups -OCH3 is 1. The lowest BCUT2D eigenvalue weighted by Crippen LogP contribution is -2.26. The van der Waals surface area contributed by atoms with Gasteiger partial charge in [0.2, 0.25) is 0 Å². The maximum absolute atomic E-state index is 12.5. The van der Waals surface area contributed by atoms with Crippen molar-refractivity contribution in [1.82, 2.24) is 5.32 Å². The second-order valence-electron chi connectivity index (χ2n) is 5.46. The monoisotopic (exact) mass is 371 g/mol. The van der Waals surface area contributed by atoms with Crippen LogP contribution in [0.1, 0.15) is 10.4 Å². The summed E-state index contributed by atoms with van der Waals surface area (Å²) in [6.45, 7) is 0.572. The Labute approximate surface area is 156 Å². The number of ether oxygens (including phenoxy) is 1. The van der Waals surface area contributed by atoms with Crippen molar-refractivity contribution < 1.29 is 9.53 Å². The zero-order chi connectivity index (χ0) is 17.6. The van der Waals surface area contributed by atoms with Gasteiger partial charge in [0, 0.05) is 22.2 Å². The van der Waals surface area contributed by atoms with Gasteiger partial charge in [0.25, 0.3) is 5.91 Å². The molecule has 0 unspecified atom stereocenters. The summed E-state index contributed by atoms with van der Waals surface area (Å²) in [6.07, 6.45) is 0. The molecule has 0 fully saturated rings. The molecule has 3 rings (SSSR count). The van der Waals surface area contributed by atoms with Gasteiger partial charge in [-0.2, -0.15) is 0 Å². The largest absolute Gasteiger partial charge is 0.496 e. The molecule has 0 spiro atoms. The van der Waals surface area contributed by atoms with Crippen LogP contribution in [-0.4, -0.2) is 25.3 Å². The molecule has 0 radical (unpaired) electrons. The van der Waals surface area contributed by atoms with Gasteiger partial charge in [-0.15, -0.1) is 11.8 Å². The Morgan fingerprint density at radius 2 is 1.76 bits per heavy atom. The molecule has 1 N–H and O–H groups in total. The minimum absolute atomic E-state index is 0.126. The van der Waals surface area contributed by atoms with Gasteiger partial charge in [-0.1, -0.05) is 35.9 Å². The first-order valence-corrected chi connectivity index (χ1v) is 9.27. The van der Waals surface area contributed by atoms with Crippen molar-refractivity contribution in [2.75, 3.05) is 19.4 Å². The molecule has 128 valence electrons. The van der Waals surface area contributed by atoms with Crippen LogP contribution in [0, 0.1) is 0 Å². The van der Waals surface area contributed by atoms with E-state index in [0.717, 1.165) is 26.4 Å². The SMILES string of the molecule is COc1cc2ccccc2cc1C(=O)NCCSc1ccc(Cl)cc1. The second-order valence-corrected chi connectivity index (χ2v) is 7.06. The molecule has 0 saturated carbocycles. The Kier molecular flexibility index (Phi) is 5.84. The van der Waals surface area contributed by atoms with Crippen LogP contribution >= 0.6 is 23.4 Å². The van der Waals surface area contributed by atoms with Crippen LogP contribution in [0.5, 0.6) is 5.75 Å². The summed E-state index contributed by atoms with van der Waals surface area (Å²) >= 11 is 7.55. The van der Waals surface area contributed by atoms with Crippen molar-refractivity contribution in [1.29, 1.82) is 0 Å². The summed E-state index contributed by atoms with van der Waals surface area (Å²) in [6, 6.07) is 19.4. The molecule has 0 saturated heterocycles. The third-order valence-corrected chi connectivity index (χ3v) is 5.05. The number of fused-ring (bicyclic) bond motifs is 1. The van der Waals surface area contributed by atoms with Crippen LogP contribution in [0.2, 0.25) is 5.02 Å². The topological polar surface area (TPSA) is 38.3 Å². The highest BCUT2D eigenvalue weighted by atomic mass is 35.5. The summed E-state index contributed by atoms with van der Waals surface area (Å²) in [7, 11) is 1.58. The highest BCUT2D eigenvalue weighted by Gasteiger charge is 2.13. The van der Waals surface area contributed by atoms with E-state index in [1.54, 1.807) is 18.9 Å². The standard InChI is InChI=1S/C20H18ClNO2S/c1-24-19-13-15-5-3-2-4-14(15)12-18(19)20(23)22-10-11-25-17-8-6-16(21)7-9-17/h2-9,12-13H,10-11H2,1H3,(H,22,23). The van der Waals surface area contributed by atoms with Crippen molar-refractivity contribution >= 4 is 40.0 Å². The van der Waals surface area contributed by atoms with E-state index in [1.165, 1.54) is 0 Å². The van der Waals surface area contributed by atoms with Gasteiger partial charge in [-0.25, -0.2) is 0 Å². The van der Waals surface area contributed by atoms with Crippen LogP contribution < -0.4 is 10.1 Å². The zero-order valence-electron chi connectivity index (χ0n) is 13.8. The van der Waals surface area contributed by atoms with Gasteiger partial charge in [-0.3, -0.25) is 4.79 Å². The second kappa shape index (κ2) is 8.28. The van der Waals surface area contributed by atoms with Gasteiger partial charge in [-0.05, 0) is 47.2 Å². The van der Waals surface area contributed by atoms with E-state index in [-0.39, 0.29) is 5.91 Å². The van der Waals surface area contributed by atoms with Crippen LogP contribution in [-0.2, 0) is 0 Å². The Hall–Kier alpha value is -2.17. The van der Waals surface area contributed by atoms with Gasteiger partial charge in [0.1, 0.15) is 5.75 Å². The fraction of sp³-hybridized carbons (Fsp3) is 0.150. The van der Waals surface area contributed by atoms with Crippen LogP contribution in [0.4, 0.5) is 0 Å². The molecule has 0 heterocycles. The molecule has 0 bridgehead atoms. The molecule has 25 heavy (non-hydrogen) atoms. The third kappa shape index (κ3) is 4.47. The normalized spacial score (nSPS) is 10.6. The smallest absolute Gasteiger partial charge is 0.255 e. The minimum atomic E-state index is -0.126. The molecule has 3 aromatic carbocycles. The first kappa shape index (κ1) is 17.6. The van der Waals surface area contributed by atoms with Crippen LogP contribution in [0.25, 0.3) is 10.8 Å². The van der Waals surface area contributed by atoms with Crippen molar-refractivity contribution in [2.24, 2.45) is 0 Å². The Balaban J connectivity index is 1.62. The molecule has 0 aliphatic rings. The predicted molar refractivity (Wildman–Crippen MR) is 105 cm³/mol. The molecule has 0 aromatic heterocycles. The van der Waals surface area contributed by atoms with E-state index in [1.807, 2.05) is 60.7 Å². The van der Waals surface area contributed by atoms with Crippen LogP contribution in [0.15, 0.2) is 65.6 Å². The third-order valence-electron chi connectivity index (χ3n) is 3.78. The predicted octanol–water partition coefficient (Wildman–Crippen LogP) is 5.02. The van der Waals surface area contributed by atoms with Gasteiger partial charge >= 0.3 is 0 Å². The van der Waals surface area contributed by atoms with Crippen molar-refractivity contribution in [2.45, 2.75) is 4.90 Å². The summed E-state index contributed by atoms with van der Waals surface area (Å²) in [5.41, 5.74) is 0.553. The summed E-state index contributed by atoms with van der Waals surface area (Å²) in [4.78, 5) is 13.6. The van der Waals surface area contributed by atoms with E-state index >= 15 is 0 Å². The maximum Gasteiger partial charge on any atom is 0.255 e. The Morgan fingerprint density at radius 3 is 2.44 bits per heavy atom. The Bertz CT molecular complexity index is 881. The van der Waals surface area contributed by atoms with Gasteiger partial charge in [0.05, 0.1) is 12.7 Å². The molecule has 0 aliphatic heterocycles. The number of halogens is 1. The van der Waals surface area contributed by atoms with E-state index < -0.39 is 0 Å². The molecule has 5 heteroatoms. The highest BCUT2D eigenvalue weighted by Crippen LogP contribution is 2.26. The van der Waals surface area contributed by atoms with Crippen molar-refractivity contribution in [3.8, 4) is 5.75 Å². The summed E-state index contributed by atoms with van der Waals surface area (Å²) in [5, 5.41) is 5.75. The average Bonchev–Trinajstić information content (AvgIpc) is 2.65. The maximum atomic E-state index is 12.5. The number of amides is 1. The fourth-order valence-corrected chi connectivity index (χ4v) is 3.42. The molecular weight excluding hydrogens is 354 g/mol. The summed E-state index contributed by atoms with van der Waals surface area (Å²) in [5.74, 6) is 1.24. The van der Waals surface area contributed by atoms with Crippen molar-refractivity contribution in [3.63, 3.8) is 0 Å². The lowest BCUT2D eigenvalue weighted by atomic mass is 10.1. The molecular formula is C20H18ClNO2S. The number of carbonyl (C=O) groups excluding carboxylic acids is 1. The van der Waals surface area contributed by atoms with E-state index in [2.05, 4.69) is 5.32 Å². The number of rotatable bonds is 6. The number of benzene rings is 3. The number of nitrogens with one attached hydrogen (secondary N) is 1. The lowest BCUT2D eigenvalue weighted by molar-refractivity contribution is 0.0953. The molecule has 0 aliphatic carbocycles. The minimum Gasteiger partial charge on any atom is -0.496 e. The van der Waals surface area contributed by atoms with E-state index in [0.29, 0.717) is 17.9 Å². The van der Waals surface area contributed by atoms with Crippen LogP contribution in [0.3, 0.4) is 0 Å². The van der Waals surface area contributed by atoms with E-state index in [9.17, 15) is 4.79 Å². The number of hydrogen-bond acceptors (Lipinski definition) is 3. The highest BCUT2D eigenvalue weighted by molar-refractivity contribution is 7.99. The number of thioether (sulfide) groups is 1. The number of hydrogen-bond donors (Lipinski definition) is 1. The first-order valence-electron chi connectivity index (χ1n) is 7.91. The fourth-order valence-electron chi connectivity index (χ4n) is 2.53. The first-order chi connectivity index (χ1) is 12.2. The molecule has 3 aromatic rings. The molecule has 0 atom stereocenters. The quantitative estimate of drug-likeness (QED) is 0.488. The number of carbonyl (C=O) groups is 1. The van der Waals surface area contributed by atoms with E-state index in [4.69, 9.17) is 16.3 Å². The molecule has 1 amide bonds. The van der Waals surface area contributed by atoms with Gasteiger partial charge < -0.3 is 10.1 Å². The van der Waals surface area contributed by atoms with Crippen molar-refractivity contribution in [3.05, 3.63) is 71.2 Å². The Morgan fingerprint density at radius 1 is 1.08 bits per heavy atom. The van der Waals surface area contributed by atoms with Gasteiger partial charge in [0.15, 0.2) is 0 Å². The molecule has 3 nitrogen and oxygen atoms in total.